The minimum atomic E-state index is -0.628. The molecular weight excluding hydrogens is 348 g/mol. The van der Waals surface area contributed by atoms with Crippen LogP contribution in [0.1, 0.15) is 92.4 Å². The highest BCUT2D eigenvalue weighted by Gasteiger charge is 2.70. The van der Waals surface area contributed by atoms with Gasteiger partial charge >= 0.3 is 0 Å². The molecule has 0 N–H and O–H groups in total. The first-order chi connectivity index (χ1) is 13.4. The van der Waals surface area contributed by atoms with Crippen LogP contribution in [0.2, 0.25) is 0 Å². The minimum absolute atomic E-state index is 0.400. The van der Waals surface area contributed by atoms with Gasteiger partial charge in [0.25, 0.3) is 0 Å². The molecule has 3 nitrogen and oxygen atoms in total. The van der Waals surface area contributed by atoms with E-state index in [-0.39, 0.29) is 0 Å². The Morgan fingerprint density at radius 3 is 2.32 bits per heavy atom. The molecule has 6 unspecified atom stereocenters. The van der Waals surface area contributed by atoms with Gasteiger partial charge < -0.3 is 9.47 Å². The number of fused-ring (bicyclic) bond motifs is 6. The van der Waals surface area contributed by atoms with Gasteiger partial charge in [-0.2, -0.15) is 0 Å². The summed E-state index contributed by atoms with van der Waals surface area (Å²) in [6, 6.07) is 0. The van der Waals surface area contributed by atoms with Crippen molar-refractivity contribution in [2.45, 2.75) is 98.2 Å². The van der Waals surface area contributed by atoms with Crippen LogP contribution in [0.5, 0.6) is 0 Å². The summed E-state index contributed by atoms with van der Waals surface area (Å²) in [5.41, 5.74) is -0.0249. The average Bonchev–Trinajstić information content (AvgIpc) is 3.00. The highest BCUT2D eigenvalue weighted by Crippen LogP contribution is 2.68. The second-order valence-corrected chi connectivity index (χ2v) is 10.8. The Labute approximate surface area is 172 Å². The number of Topliss-reactive ketones (excluding diaryl/α,β-unsaturated/α-hetero) is 1. The number of carbonyl (C=O) groups is 1. The van der Waals surface area contributed by atoms with E-state index < -0.39 is 11.2 Å². The van der Waals surface area contributed by atoms with Gasteiger partial charge in [0.05, 0.1) is 18.6 Å². The molecule has 1 aliphatic heterocycles. The summed E-state index contributed by atoms with van der Waals surface area (Å²) in [5, 5.41) is 0. The van der Waals surface area contributed by atoms with Crippen LogP contribution in [-0.4, -0.2) is 24.8 Å². The van der Waals surface area contributed by atoms with Crippen molar-refractivity contribution >= 4 is 5.78 Å². The molecule has 4 aliphatic carbocycles. The topological polar surface area (TPSA) is 35.5 Å². The van der Waals surface area contributed by atoms with Gasteiger partial charge in [-0.3, -0.25) is 4.79 Å². The Kier molecular flexibility index (Phi) is 5.49. The zero-order valence-electron chi connectivity index (χ0n) is 18.9. The van der Waals surface area contributed by atoms with E-state index in [1.807, 2.05) is 13.8 Å². The van der Waals surface area contributed by atoms with Crippen molar-refractivity contribution in [1.82, 2.24) is 0 Å². The summed E-state index contributed by atoms with van der Waals surface area (Å²) < 4.78 is 12.7. The van der Waals surface area contributed by atoms with Gasteiger partial charge in [0, 0.05) is 18.8 Å². The Balaban J connectivity index is 0.000000932. The molecule has 0 aromatic carbocycles. The first kappa shape index (κ1) is 20.8. The molecule has 0 bridgehead atoms. The van der Waals surface area contributed by atoms with E-state index in [1.165, 1.54) is 38.5 Å². The van der Waals surface area contributed by atoms with Gasteiger partial charge in [-0.15, -0.1) is 0 Å². The van der Waals surface area contributed by atoms with Crippen molar-refractivity contribution in [3.63, 3.8) is 0 Å². The minimum Gasteiger partial charge on any atom is -0.349 e. The molecule has 4 saturated carbocycles. The number of hydrogen-bond acceptors (Lipinski definition) is 3. The van der Waals surface area contributed by atoms with E-state index in [2.05, 4.69) is 20.8 Å². The first-order valence-electron chi connectivity index (χ1n) is 12.2. The molecule has 0 amide bonds. The fourth-order valence-corrected chi connectivity index (χ4v) is 8.08. The Morgan fingerprint density at radius 2 is 1.61 bits per heavy atom. The Bertz CT molecular complexity index is 593. The molecule has 1 saturated heterocycles. The van der Waals surface area contributed by atoms with Crippen molar-refractivity contribution in [3.05, 3.63) is 0 Å². The quantitative estimate of drug-likeness (QED) is 0.508. The van der Waals surface area contributed by atoms with Gasteiger partial charge in [0.1, 0.15) is 5.78 Å². The molecule has 28 heavy (non-hydrogen) atoms. The SMILES string of the molecule is CC.CC1COC2(CCC3C4CCC5CCCCC5(C)C4CC(=O)C32C)OC1. The van der Waals surface area contributed by atoms with Gasteiger partial charge in [-0.1, -0.05) is 40.5 Å². The summed E-state index contributed by atoms with van der Waals surface area (Å²) >= 11 is 0. The lowest BCUT2D eigenvalue weighted by Gasteiger charge is -2.60. The maximum absolute atomic E-state index is 13.7. The molecule has 5 aliphatic rings. The lowest BCUT2D eigenvalue weighted by Crippen LogP contribution is -2.63. The van der Waals surface area contributed by atoms with E-state index in [0.717, 1.165) is 38.4 Å². The highest BCUT2D eigenvalue weighted by molar-refractivity contribution is 5.87. The molecule has 5 rings (SSSR count). The normalized spacial score (nSPS) is 52.9. The summed E-state index contributed by atoms with van der Waals surface area (Å²) in [5.74, 6) is 2.87. The third-order valence-corrected chi connectivity index (χ3v) is 9.68. The van der Waals surface area contributed by atoms with E-state index in [1.54, 1.807) is 0 Å². The van der Waals surface area contributed by atoms with Crippen molar-refractivity contribution in [3.8, 4) is 0 Å². The van der Waals surface area contributed by atoms with E-state index in [4.69, 9.17) is 9.47 Å². The zero-order chi connectivity index (χ0) is 20.2. The average molecular weight is 391 g/mol. The smallest absolute Gasteiger partial charge is 0.180 e. The Morgan fingerprint density at radius 1 is 0.893 bits per heavy atom. The molecule has 3 heteroatoms. The van der Waals surface area contributed by atoms with Crippen molar-refractivity contribution < 1.29 is 14.3 Å². The maximum Gasteiger partial charge on any atom is 0.180 e. The van der Waals surface area contributed by atoms with Gasteiger partial charge in [-0.25, -0.2) is 0 Å². The molecular formula is C25H42O3. The number of hydrogen-bond donors (Lipinski definition) is 0. The van der Waals surface area contributed by atoms with Crippen LogP contribution in [0, 0.1) is 40.4 Å². The molecule has 0 aromatic heterocycles. The molecule has 0 aromatic rings. The summed E-state index contributed by atoms with van der Waals surface area (Å²) in [6.07, 6.45) is 11.0. The zero-order valence-corrected chi connectivity index (χ0v) is 18.9. The molecule has 1 spiro atoms. The maximum atomic E-state index is 13.7. The Hall–Kier alpha value is -0.410. The number of ether oxygens (including phenoxy) is 2. The monoisotopic (exact) mass is 390 g/mol. The van der Waals surface area contributed by atoms with Crippen LogP contribution in [0.15, 0.2) is 0 Å². The predicted molar refractivity (Wildman–Crippen MR) is 112 cm³/mol. The van der Waals surface area contributed by atoms with Gasteiger partial charge in [-0.05, 0) is 68.1 Å². The summed E-state index contributed by atoms with van der Waals surface area (Å²) in [4.78, 5) is 13.7. The molecule has 0 radical (unpaired) electrons. The second-order valence-electron chi connectivity index (χ2n) is 10.8. The highest BCUT2D eigenvalue weighted by atomic mass is 16.7. The van der Waals surface area contributed by atoms with Gasteiger partial charge in [0.2, 0.25) is 0 Å². The van der Waals surface area contributed by atoms with Crippen LogP contribution in [-0.2, 0) is 14.3 Å². The van der Waals surface area contributed by atoms with Crippen LogP contribution < -0.4 is 0 Å². The van der Waals surface area contributed by atoms with Crippen LogP contribution in [0.25, 0.3) is 0 Å². The van der Waals surface area contributed by atoms with Crippen molar-refractivity contribution in [1.29, 1.82) is 0 Å². The van der Waals surface area contributed by atoms with Crippen molar-refractivity contribution in [2.24, 2.45) is 40.4 Å². The number of ketones is 1. The predicted octanol–water partition coefficient (Wildman–Crippen LogP) is 6.00. The molecule has 1 heterocycles. The van der Waals surface area contributed by atoms with Crippen molar-refractivity contribution in [2.75, 3.05) is 13.2 Å². The standard InChI is InChI=1S/C23H36O3.C2H6/c1-15-13-25-23(26-14-15)11-9-18-17-8-7-16-6-4-5-10-21(16,2)19(17)12-20(24)22(18,23)3;1-2/h15-19H,4-14H2,1-3H3;1-2H3. The number of rotatable bonds is 0. The lowest BCUT2D eigenvalue weighted by molar-refractivity contribution is -0.322. The van der Waals surface area contributed by atoms with Crippen LogP contribution in [0.3, 0.4) is 0 Å². The number of carbonyl (C=O) groups excluding carboxylic acids is 1. The van der Waals surface area contributed by atoms with E-state index in [9.17, 15) is 4.79 Å². The largest absolute Gasteiger partial charge is 0.349 e. The molecule has 6 atom stereocenters. The van der Waals surface area contributed by atoms with Gasteiger partial charge in [0.15, 0.2) is 5.79 Å². The molecule has 160 valence electrons. The third kappa shape index (κ3) is 2.71. The van der Waals surface area contributed by atoms with E-state index in [0.29, 0.717) is 34.9 Å². The first-order valence-corrected chi connectivity index (χ1v) is 12.2. The summed E-state index contributed by atoms with van der Waals surface area (Å²) in [6.45, 7) is 12.4. The lowest BCUT2D eigenvalue weighted by atomic mass is 9.45. The molecule has 5 fully saturated rings. The van der Waals surface area contributed by atoms with Crippen LogP contribution >= 0.6 is 0 Å². The van der Waals surface area contributed by atoms with E-state index >= 15 is 0 Å². The second kappa shape index (κ2) is 7.38. The fraction of sp³-hybridized carbons (Fsp3) is 0.960. The summed E-state index contributed by atoms with van der Waals surface area (Å²) in [7, 11) is 0. The van der Waals surface area contributed by atoms with Crippen LogP contribution in [0.4, 0.5) is 0 Å². The fourth-order valence-electron chi connectivity index (χ4n) is 8.08. The third-order valence-electron chi connectivity index (χ3n) is 9.68.